The fraction of sp³-hybridized carbons (Fsp3) is 0.741. The average Bonchev–Trinajstić information content (AvgIpc) is 3.53. The fourth-order valence-electron chi connectivity index (χ4n) is 4.57. The Morgan fingerprint density at radius 1 is 0.681 bits per heavy atom. The molecule has 0 saturated carbocycles. The Bertz CT molecular complexity index is 1010. The van der Waals surface area contributed by atoms with Crippen molar-refractivity contribution in [1.29, 1.82) is 0 Å². The van der Waals surface area contributed by atoms with Crippen LogP contribution in [0.1, 0.15) is 51.4 Å². The number of guanidine groups is 3. The lowest BCUT2D eigenvalue weighted by molar-refractivity contribution is -0.457. The Kier molecular flexibility index (Phi) is 22.4. The summed E-state index contributed by atoms with van der Waals surface area (Å²) in [6.45, 7) is 1.53. The summed E-state index contributed by atoms with van der Waals surface area (Å²) in [5.74, 6) is 0.120. The smallest absolute Gasteiger partial charge is 0.338 e. The lowest BCUT2D eigenvalue weighted by Gasteiger charge is -2.30. The van der Waals surface area contributed by atoms with Gasteiger partial charge < -0.3 is 21.3 Å². The van der Waals surface area contributed by atoms with E-state index in [1.54, 1.807) is 0 Å². The monoisotopic (exact) mass is 705 g/mol. The van der Waals surface area contributed by atoms with Gasteiger partial charge in [0.2, 0.25) is 23.6 Å². The summed E-state index contributed by atoms with van der Waals surface area (Å²) >= 11 is 0. The molecule has 0 aromatic rings. The second-order valence-corrected chi connectivity index (χ2v) is 13.8. The molecule has 0 bridgehead atoms. The van der Waals surface area contributed by atoms with E-state index in [9.17, 15) is 19.2 Å². The van der Waals surface area contributed by atoms with Gasteiger partial charge in [0.05, 0.1) is 38.8 Å². The van der Waals surface area contributed by atoms with Gasteiger partial charge in [-0.3, -0.25) is 73.5 Å². The van der Waals surface area contributed by atoms with Crippen molar-refractivity contribution in [3.8, 4) is 0 Å². The zero-order valence-electron chi connectivity index (χ0n) is 27.2. The largest absolute Gasteiger partial charge is 0.356 e. The third-order valence-corrected chi connectivity index (χ3v) is 9.88. The Morgan fingerprint density at radius 2 is 1.21 bits per heavy atom. The van der Waals surface area contributed by atoms with Gasteiger partial charge in [0.1, 0.15) is 0 Å². The SMILES string of the molecule is NC(N)=[NH+]CCNC(=O)CN(CC(=O)NCC[NH+]=C(N)N)C(CCCCNC(=O)CCCCC1CCSS1)C(=O)NCC[NH+]=C(N)N. The van der Waals surface area contributed by atoms with Crippen LogP contribution in [0.4, 0.5) is 0 Å². The first-order valence-corrected chi connectivity index (χ1v) is 18.3. The summed E-state index contributed by atoms with van der Waals surface area (Å²) in [6, 6.07) is -0.828. The first kappa shape index (κ1) is 41.4. The van der Waals surface area contributed by atoms with Crippen molar-refractivity contribution >= 4 is 63.1 Å². The summed E-state index contributed by atoms with van der Waals surface area (Å²) in [5.41, 5.74) is 32.4. The molecule has 0 aromatic heterocycles. The summed E-state index contributed by atoms with van der Waals surface area (Å²) < 4.78 is 0. The molecular formula is C27H57N14O4S2+3. The van der Waals surface area contributed by atoms with Crippen LogP contribution >= 0.6 is 21.6 Å². The summed E-state index contributed by atoms with van der Waals surface area (Å²) in [7, 11) is 3.88. The number of hydrogen-bond donors (Lipinski definition) is 13. The normalized spacial score (nSPS) is 14.4. The third kappa shape index (κ3) is 22.5. The van der Waals surface area contributed by atoms with Gasteiger partial charge in [0, 0.05) is 43.6 Å². The molecule has 0 aliphatic carbocycles. The molecule has 2 unspecified atom stereocenters. The van der Waals surface area contributed by atoms with E-state index in [0.717, 1.165) is 19.3 Å². The molecule has 268 valence electrons. The standard InChI is InChI=1S/C27H54N14O4S2/c28-25(29)38-13-10-35-22(43)17-41(18-23(44)36-11-14-39-26(30)31)20(24(45)37-12-15-40-27(32)33)6-3-4-9-34-21(42)7-2-1-5-19-8-16-46-47-19/h19-20H,1-18H2,(H,34,42)(H,35,43)(H,36,44)(H,37,45)(H4,28,29,38)(H4,30,31,39)(H4,32,33,40)/p+3. The van der Waals surface area contributed by atoms with Gasteiger partial charge in [-0.1, -0.05) is 28.0 Å². The van der Waals surface area contributed by atoms with E-state index in [-0.39, 0.29) is 69.0 Å². The Morgan fingerprint density at radius 3 is 1.72 bits per heavy atom. The maximum absolute atomic E-state index is 13.4. The van der Waals surface area contributed by atoms with Crippen LogP contribution in [-0.2, 0) is 19.2 Å². The predicted octanol–water partition coefficient (Wildman–Crippen LogP) is -8.93. The van der Waals surface area contributed by atoms with Crippen molar-refractivity contribution in [3.05, 3.63) is 0 Å². The minimum atomic E-state index is -0.828. The molecule has 1 rings (SSSR count). The third-order valence-electron chi connectivity index (χ3n) is 6.88. The van der Waals surface area contributed by atoms with Crippen molar-refractivity contribution in [2.45, 2.75) is 62.7 Å². The molecule has 20 heteroatoms. The van der Waals surface area contributed by atoms with Crippen LogP contribution in [0.5, 0.6) is 0 Å². The molecule has 1 aliphatic heterocycles. The Balaban J connectivity index is 2.81. The number of hydrogen-bond acceptors (Lipinski definition) is 7. The van der Waals surface area contributed by atoms with Crippen LogP contribution in [0.2, 0.25) is 0 Å². The molecular weight excluding hydrogens is 649 g/mol. The van der Waals surface area contributed by atoms with E-state index in [1.165, 1.54) is 17.1 Å². The predicted molar refractivity (Wildman–Crippen MR) is 186 cm³/mol. The number of nitrogens with zero attached hydrogens (tertiary/aromatic N) is 1. The van der Waals surface area contributed by atoms with Gasteiger partial charge in [-0.2, -0.15) is 0 Å². The molecule has 47 heavy (non-hydrogen) atoms. The van der Waals surface area contributed by atoms with E-state index >= 15 is 0 Å². The summed E-state index contributed by atoms with van der Waals surface area (Å²) in [5, 5.41) is 11.9. The van der Waals surface area contributed by atoms with E-state index in [1.807, 2.05) is 21.6 Å². The zero-order chi connectivity index (χ0) is 34.9. The zero-order valence-corrected chi connectivity index (χ0v) is 28.9. The second-order valence-electron chi connectivity index (χ2n) is 11.0. The van der Waals surface area contributed by atoms with Crippen LogP contribution in [0.25, 0.3) is 0 Å². The molecule has 0 spiro atoms. The molecule has 2 atom stereocenters. The maximum Gasteiger partial charge on any atom is 0.338 e. The molecule has 1 aliphatic rings. The van der Waals surface area contributed by atoms with Crippen molar-refractivity contribution in [2.24, 2.45) is 34.4 Å². The van der Waals surface area contributed by atoms with Crippen molar-refractivity contribution in [3.63, 3.8) is 0 Å². The van der Waals surface area contributed by atoms with Crippen LogP contribution < -0.4 is 70.6 Å². The quantitative estimate of drug-likeness (QED) is 0.0182. The highest BCUT2D eigenvalue weighted by atomic mass is 33.1. The summed E-state index contributed by atoms with van der Waals surface area (Å²) in [4.78, 5) is 61.1. The molecule has 4 amide bonds. The molecule has 0 aromatic carbocycles. The van der Waals surface area contributed by atoms with Crippen LogP contribution in [0.15, 0.2) is 0 Å². The minimum absolute atomic E-state index is 0.0122. The Labute approximate surface area is 284 Å². The molecule has 1 heterocycles. The molecule has 1 saturated heterocycles. The van der Waals surface area contributed by atoms with Crippen molar-refractivity contribution in [1.82, 2.24) is 26.2 Å². The topological polar surface area (TPSA) is 318 Å². The molecule has 1 fully saturated rings. The molecule has 0 radical (unpaired) electrons. The van der Waals surface area contributed by atoms with Gasteiger partial charge in [-0.25, -0.2) is 0 Å². The number of unbranched alkanes of at least 4 members (excludes halogenated alkanes) is 2. The lowest BCUT2D eigenvalue weighted by Crippen LogP contribution is -2.79. The number of amides is 4. The number of nitrogens with two attached hydrogens (primary N) is 6. The Hall–Kier alpha value is -3.65. The average molecular weight is 706 g/mol. The minimum Gasteiger partial charge on any atom is -0.356 e. The highest BCUT2D eigenvalue weighted by Crippen LogP contribution is 2.39. The highest BCUT2D eigenvalue weighted by Gasteiger charge is 2.29. The fourth-order valence-corrected chi connectivity index (χ4v) is 7.59. The van der Waals surface area contributed by atoms with Crippen molar-refractivity contribution < 1.29 is 34.2 Å². The second kappa shape index (κ2) is 25.4. The van der Waals surface area contributed by atoms with Gasteiger partial charge in [0.25, 0.3) is 0 Å². The van der Waals surface area contributed by atoms with Gasteiger partial charge >= 0.3 is 17.9 Å². The van der Waals surface area contributed by atoms with Crippen LogP contribution in [0, 0.1) is 0 Å². The first-order valence-electron chi connectivity index (χ1n) is 15.9. The number of nitrogens with one attached hydrogen (secondary N) is 7. The number of rotatable bonds is 25. The van der Waals surface area contributed by atoms with Crippen molar-refractivity contribution in [2.75, 3.05) is 64.7 Å². The highest BCUT2D eigenvalue weighted by molar-refractivity contribution is 8.77. The van der Waals surface area contributed by atoms with Gasteiger partial charge in [0.15, 0.2) is 0 Å². The van der Waals surface area contributed by atoms with Crippen LogP contribution in [0.3, 0.4) is 0 Å². The summed E-state index contributed by atoms with van der Waals surface area (Å²) in [6.07, 6.45) is 6.28. The molecule has 18 nitrogen and oxygen atoms in total. The maximum atomic E-state index is 13.4. The molecule has 19 N–H and O–H groups in total. The van der Waals surface area contributed by atoms with E-state index in [4.69, 9.17) is 34.4 Å². The van der Waals surface area contributed by atoms with Crippen LogP contribution in [-0.4, -0.2) is 122 Å². The van der Waals surface area contributed by atoms with Gasteiger partial charge in [-0.05, 0) is 38.5 Å². The van der Waals surface area contributed by atoms with Gasteiger partial charge in [-0.15, -0.1) is 0 Å². The lowest BCUT2D eigenvalue weighted by atomic mass is 10.1. The number of carbonyl (C=O) groups excluding carboxylic acids is 4. The first-order chi connectivity index (χ1) is 22.5. The van der Waals surface area contributed by atoms with E-state index in [2.05, 4.69) is 36.2 Å². The number of carbonyl (C=O) groups is 4. The van der Waals surface area contributed by atoms with E-state index < -0.39 is 17.9 Å². The van der Waals surface area contributed by atoms with E-state index in [0.29, 0.717) is 50.6 Å².